The standard InChI is InChI=1S/C16H12N2O3S2/c19-14(17-11-5-2-1-3-6-11)10-18-15(20)13(23-16(18)21)9-12-7-4-8-22-12/h1-9H,10H2,(H,17,19)/b13-9+. The summed E-state index contributed by atoms with van der Waals surface area (Å²) in [6.07, 6.45) is 1.67. The summed E-state index contributed by atoms with van der Waals surface area (Å²) in [7, 11) is 0. The Morgan fingerprint density at radius 3 is 2.61 bits per heavy atom. The van der Waals surface area contributed by atoms with Gasteiger partial charge in [0.15, 0.2) is 0 Å². The van der Waals surface area contributed by atoms with Gasteiger partial charge in [-0.3, -0.25) is 19.3 Å². The summed E-state index contributed by atoms with van der Waals surface area (Å²) in [5, 5.41) is 4.12. The fraction of sp³-hybridized carbons (Fsp3) is 0.0625. The largest absolute Gasteiger partial charge is 0.325 e. The Morgan fingerprint density at radius 2 is 1.91 bits per heavy atom. The van der Waals surface area contributed by atoms with Crippen LogP contribution in [0.1, 0.15) is 4.88 Å². The van der Waals surface area contributed by atoms with Crippen molar-refractivity contribution in [2.24, 2.45) is 0 Å². The molecule has 3 amide bonds. The van der Waals surface area contributed by atoms with Gasteiger partial charge in [-0.1, -0.05) is 24.3 Å². The SMILES string of the molecule is O=C(CN1C(=O)S/C(=C/c2cccs2)C1=O)Nc1ccccc1. The third-order valence-corrected chi connectivity index (χ3v) is 4.78. The highest BCUT2D eigenvalue weighted by molar-refractivity contribution is 8.18. The molecule has 1 aromatic heterocycles. The summed E-state index contributed by atoms with van der Waals surface area (Å²) in [5.41, 5.74) is 0.624. The van der Waals surface area contributed by atoms with Crippen LogP contribution in [0.3, 0.4) is 0 Å². The molecule has 0 saturated carbocycles. The second kappa shape index (κ2) is 6.80. The fourth-order valence-electron chi connectivity index (χ4n) is 2.00. The molecular formula is C16H12N2O3S2. The summed E-state index contributed by atoms with van der Waals surface area (Å²) >= 11 is 2.33. The van der Waals surface area contributed by atoms with E-state index in [1.54, 1.807) is 30.3 Å². The maximum absolute atomic E-state index is 12.3. The Balaban J connectivity index is 1.67. The smallest absolute Gasteiger partial charge is 0.294 e. The molecule has 1 saturated heterocycles. The topological polar surface area (TPSA) is 66.5 Å². The van der Waals surface area contributed by atoms with Crippen LogP contribution in [0.5, 0.6) is 0 Å². The number of anilines is 1. The molecule has 2 aromatic rings. The number of nitrogens with zero attached hydrogens (tertiary/aromatic N) is 1. The highest BCUT2D eigenvalue weighted by Crippen LogP contribution is 2.32. The van der Waals surface area contributed by atoms with Crippen LogP contribution >= 0.6 is 23.1 Å². The summed E-state index contributed by atoms with van der Waals surface area (Å²) in [6, 6.07) is 12.6. The number of benzene rings is 1. The Kier molecular flexibility index (Phi) is 4.59. The van der Waals surface area contributed by atoms with Crippen molar-refractivity contribution in [2.45, 2.75) is 0 Å². The highest BCUT2D eigenvalue weighted by Gasteiger charge is 2.36. The van der Waals surface area contributed by atoms with E-state index in [0.717, 1.165) is 21.5 Å². The molecule has 5 nitrogen and oxygen atoms in total. The summed E-state index contributed by atoms with van der Waals surface area (Å²) < 4.78 is 0. The highest BCUT2D eigenvalue weighted by atomic mass is 32.2. The molecule has 0 unspecified atom stereocenters. The van der Waals surface area contributed by atoms with Crippen molar-refractivity contribution in [3.05, 3.63) is 57.6 Å². The van der Waals surface area contributed by atoms with Crippen LogP contribution in [0.4, 0.5) is 10.5 Å². The van der Waals surface area contributed by atoms with Crippen LogP contribution in [0.2, 0.25) is 0 Å². The first-order valence-corrected chi connectivity index (χ1v) is 8.47. The van der Waals surface area contributed by atoms with Crippen LogP contribution in [0.15, 0.2) is 52.7 Å². The average molecular weight is 344 g/mol. The normalized spacial score (nSPS) is 16.2. The molecule has 7 heteroatoms. The number of thioether (sulfide) groups is 1. The molecule has 1 N–H and O–H groups in total. The number of rotatable bonds is 4. The summed E-state index contributed by atoms with van der Waals surface area (Å²) in [6.45, 7) is -0.290. The fourth-order valence-corrected chi connectivity index (χ4v) is 3.57. The molecule has 23 heavy (non-hydrogen) atoms. The van der Waals surface area contributed by atoms with Gasteiger partial charge >= 0.3 is 0 Å². The Labute approximate surface area is 141 Å². The minimum Gasteiger partial charge on any atom is -0.325 e. The molecule has 0 atom stereocenters. The minimum absolute atomic E-state index is 0.290. The second-order valence-corrected chi connectivity index (χ2v) is 6.67. The number of carbonyl (C=O) groups is 3. The van der Waals surface area contributed by atoms with E-state index >= 15 is 0 Å². The van der Waals surface area contributed by atoms with Gasteiger partial charge in [-0.05, 0) is 41.4 Å². The number of thiophene rings is 1. The van der Waals surface area contributed by atoms with Gasteiger partial charge in [-0.15, -0.1) is 11.3 Å². The Bertz CT molecular complexity index is 770. The van der Waals surface area contributed by atoms with Crippen molar-refractivity contribution >= 4 is 51.9 Å². The first-order valence-electron chi connectivity index (χ1n) is 6.77. The Hall–Kier alpha value is -2.38. The summed E-state index contributed by atoms with van der Waals surface area (Å²) in [4.78, 5) is 38.4. The van der Waals surface area contributed by atoms with Crippen LogP contribution in [-0.2, 0) is 9.59 Å². The lowest BCUT2D eigenvalue weighted by atomic mass is 10.3. The van der Waals surface area contributed by atoms with E-state index in [1.807, 2.05) is 23.6 Å². The molecular weight excluding hydrogens is 332 g/mol. The average Bonchev–Trinajstić information content (AvgIpc) is 3.13. The predicted octanol–water partition coefficient (Wildman–Crippen LogP) is 3.42. The third kappa shape index (κ3) is 3.69. The lowest BCUT2D eigenvalue weighted by Gasteiger charge is -2.12. The molecule has 2 heterocycles. The Morgan fingerprint density at radius 1 is 1.13 bits per heavy atom. The number of hydrogen-bond acceptors (Lipinski definition) is 5. The lowest BCUT2D eigenvalue weighted by Crippen LogP contribution is -2.36. The van der Waals surface area contributed by atoms with Gasteiger partial charge in [0.1, 0.15) is 6.54 Å². The first-order chi connectivity index (χ1) is 11.1. The number of nitrogens with one attached hydrogen (secondary N) is 1. The van der Waals surface area contributed by atoms with Crippen LogP contribution < -0.4 is 5.32 Å². The van der Waals surface area contributed by atoms with E-state index in [2.05, 4.69) is 5.32 Å². The quantitative estimate of drug-likeness (QED) is 0.863. The molecule has 116 valence electrons. The van der Waals surface area contributed by atoms with Crippen molar-refractivity contribution in [3.63, 3.8) is 0 Å². The van der Waals surface area contributed by atoms with Gasteiger partial charge in [0.2, 0.25) is 5.91 Å². The van der Waals surface area contributed by atoms with Gasteiger partial charge in [-0.25, -0.2) is 0 Å². The molecule has 0 aliphatic carbocycles. The van der Waals surface area contributed by atoms with E-state index in [1.165, 1.54) is 11.3 Å². The molecule has 0 bridgehead atoms. The predicted molar refractivity (Wildman–Crippen MR) is 92.1 cm³/mol. The van der Waals surface area contributed by atoms with Crippen LogP contribution in [0, 0.1) is 0 Å². The molecule has 0 spiro atoms. The number of imide groups is 1. The van der Waals surface area contributed by atoms with E-state index in [4.69, 9.17) is 0 Å². The van der Waals surface area contributed by atoms with Crippen molar-refractivity contribution in [1.29, 1.82) is 0 Å². The molecule has 1 aliphatic heterocycles. The molecule has 0 radical (unpaired) electrons. The zero-order chi connectivity index (χ0) is 16.2. The molecule has 3 rings (SSSR count). The van der Waals surface area contributed by atoms with Gasteiger partial charge < -0.3 is 5.32 Å². The molecule has 1 aromatic carbocycles. The van der Waals surface area contributed by atoms with Crippen LogP contribution in [0.25, 0.3) is 6.08 Å². The van der Waals surface area contributed by atoms with Crippen molar-refractivity contribution in [2.75, 3.05) is 11.9 Å². The zero-order valence-electron chi connectivity index (χ0n) is 11.9. The maximum atomic E-state index is 12.3. The number of amides is 3. The summed E-state index contributed by atoms with van der Waals surface area (Å²) in [5.74, 6) is -0.840. The van der Waals surface area contributed by atoms with Crippen LogP contribution in [-0.4, -0.2) is 28.5 Å². The van der Waals surface area contributed by atoms with Gasteiger partial charge in [0.05, 0.1) is 4.91 Å². The van der Waals surface area contributed by atoms with Crippen molar-refractivity contribution in [1.82, 2.24) is 4.90 Å². The van der Waals surface area contributed by atoms with Crippen molar-refractivity contribution in [3.8, 4) is 0 Å². The first kappa shape index (κ1) is 15.5. The molecule has 1 fully saturated rings. The third-order valence-electron chi connectivity index (χ3n) is 3.05. The van der Waals surface area contributed by atoms with Crippen molar-refractivity contribution < 1.29 is 14.4 Å². The number of carbonyl (C=O) groups excluding carboxylic acids is 3. The molecule has 1 aliphatic rings. The van der Waals surface area contributed by atoms with E-state index in [9.17, 15) is 14.4 Å². The number of para-hydroxylation sites is 1. The lowest BCUT2D eigenvalue weighted by molar-refractivity contribution is -0.127. The van der Waals surface area contributed by atoms with E-state index in [-0.39, 0.29) is 6.54 Å². The second-order valence-electron chi connectivity index (χ2n) is 4.70. The minimum atomic E-state index is -0.434. The van der Waals surface area contributed by atoms with Gasteiger partial charge in [-0.2, -0.15) is 0 Å². The van der Waals surface area contributed by atoms with Gasteiger partial charge in [0.25, 0.3) is 11.1 Å². The monoisotopic (exact) mass is 344 g/mol. The number of hydrogen-bond donors (Lipinski definition) is 1. The van der Waals surface area contributed by atoms with E-state index < -0.39 is 17.1 Å². The van der Waals surface area contributed by atoms with Gasteiger partial charge in [0, 0.05) is 10.6 Å². The van der Waals surface area contributed by atoms with E-state index in [0.29, 0.717) is 10.6 Å². The maximum Gasteiger partial charge on any atom is 0.294 e. The zero-order valence-corrected chi connectivity index (χ0v) is 13.5.